The summed E-state index contributed by atoms with van der Waals surface area (Å²) in [6, 6.07) is 3.78. The maximum absolute atomic E-state index is 13.3. The van der Waals surface area contributed by atoms with Crippen LogP contribution in [0.4, 0.5) is 0 Å². The highest BCUT2D eigenvalue weighted by atomic mass is 32.2. The van der Waals surface area contributed by atoms with Gasteiger partial charge in [-0.15, -0.1) is 0 Å². The quantitative estimate of drug-likeness (QED) is 0.507. The Kier molecular flexibility index (Phi) is 6.97. The summed E-state index contributed by atoms with van der Waals surface area (Å²) in [4.78, 5) is 17.0. The lowest BCUT2D eigenvalue weighted by Crippen LogP contribution is -2.46. The zero-order valence-electron chi connectivity index (χ0n) is 16.9. The lowest BCUT2D eigenvalue weighted by atomic mass is 9.99. The van der Waals surface area contributed by atoms with Crippen LogP contribution < -0.4 is 5.32 Å². The number of H-pyrrole nitrogens is 1. The predicted octanol–water partition coefficient (Wildman–Crippen LogP) is 2.04. The number of thioether (sulfide) groups is 1. The van der Waals surface area contributed by atoms with Crippen molar-refractivity contribution in [3.63, 3.8) is 0 Å². The van der Waals surface area contributed by atoms with Crippen molar-refractivity contribution in [1.29, 1.82) is 0 Å². The van der Waals surface area contributed by atoms with E-state index in [1.807, 2.05) is 32.9 Å². The lowest BCUT2D eigenvalue weighted by molar-refractivity contribution is -0.125. The normalized spacial score (nSPS) is 18.0. The number of amides is 1. The number of aromatic amines is 1. The Morgan fingerprint density at radius 1 is 1.31 bits per heavy atom. The van der Waals surface area contributed by atoms with Gasteiger partial charge in [0.2, 0.25) is 15.9 Å². The molecule has 2 N–H and O–H groups in total. The van der Waals surface area contributed by atoms with E-state index in [1.54, 1.807) is 0 Å². The van der Waals surface area contributed by atoms with Gasteiger partial charge in [-0.1, -0.05) is 29.5 Å². The van der Waals surface area contributed by atoms with Crippen LogP contribution in [0.5, 0.6) is 0 Å². The van der Waals surface area contributed by atoms with Gasteiger partial charge in [0.15, 0.2) is 5.16 Å². The fraction of sp³-hybridized carbons (Fsp3) is 0.526. The molecular weight excluding hydrogens is 410 g/mol. The van der Waals surface area contributed by atoms with Gasteiger partial charge in [0, 0.05) is 25.4 Å². The van der Waals surface area contributed by atoms with Crippen LogP contribution in [0.25, 0.3) is 0 Å². The van der Waals surface area contributed by atoms with Gasteiger partial charge in [-0.25, -0.2) is 13.4 Å². The van der Waals surface area contributed by atoms with Crippen molar-refractivity contribution in [3.8, 4) is 0 Å². The molecule has 1 saturated heterocycles. The van der Waals surface area contributed by atoms with E-state index in [9.17, 15) is 13.2 Å². The Morgan fingerprint density at radius 3 is 2.69 bits per heavy atom. The van der Waals surface area contributed by atoms with Crippen LogP contribution >= 0.6 is 11.8 Å². The van der Waals surface area contributed by atoms with Crippen molar-refractivity contribution in [3.05, 3.63) is 35.2 Å². The van der Waals surface area contributed by atoms with E-state index in [1.165, 1.54) is 22.4 Å². The molecule has 1 aliphatic rings. The van der Waals surface area contributed by atoms with Crippen LogP contribution in [0.2, 0.25) is 0 Å². The molecule has 1 atom stereocenters. The summed E-state index contributed by atoms with van der Waals surface area (Å²) in [6.07, 6.45) is 2.81. The number of sulfonamides is 1. The van der Waals surface area contributed by atoms with Crippen LogP contribution in [0.1, 0.15) is 29.5 Å². The molecule has 1 aliphatic heterocycles. The Bertz CT molecular complexity index is 937. The molecule has 2 aromatic rings. The van der Waals surface area contributed by atoms with Crippen LogP contribution in [0, 0.1) is 26.7 Å². The molecule has 158 valence electrons. The molecule has 8 nitrogen and oxygen atoms in total. The van der Waals surface area contributed by atoms with Gasteiger partial charge in [-0.05, 0) is 44.7 Å². The molecule has 1 aromatic carbocycles. The first-order valence-electron chi connectivity index (χ1n) is 9.63. The lowest BCUT2D eigenvalue weighted by Gasteiger charge is -2.32. The molecule has 2 heterocycles. The molecule has 3 rings (SSSR count). The Balaban J connectivity index is 1.61. The molecule has 0 aliphatic carbocycles. The Morgan fingerprint density at radius 2 is 2.03 bits per heavy atom. The fourth-order valence-electron chi connectivity index (χ4n) is 3.81. The largest absolute Gasteiger partial charge is 0.355 e. The second-order valence-electron chi connectivity index (χ2n) is 7.36. The van der Waals surface area contributed by atoms with Gasteiger partial charge in [0.05, 0.1) is 10.8 Å². The number of hydrogen-bond acceptors (Lipinski definition) is 6. The molecule has 1 fully saturated rings. The second-order valence-corrected chi connectivity index (χ2v) is 10.3. The number of aryl methyl sites for hydroxylation is 3. The maximum Gasteiger partial charge on any atom is 0.243 e. The second kappa shape index (κ2) is 9.27. The molecular formula is C19H27N5O3S2. The van der Waals surface area contributed by atoms with Crippen LogP contribution in [-0.4, -0.2) is 59.2 Å². The molecule has 29 heavy (non-hydrogen) atoms. The van der Waals surface area contributed by atoms with Crippen molar-refractivity contribution in [2.24, 2.45) is 5.92 Å². The number of aromatic nitrogens is 3. The van der Waals surface area contributed by atoms with Crippen LogP contribution in [0.3, 0.4) is 0 Å². The summed E-state index contributed by atoms with van der Waals surface area (Å²) in [5.41, 5.74) is 2.54. The summed E-state index contributed by atoms with van der Waals surface area (Å²) in [6.45, 7) is 6.76. The molecule has 1 amide bonds. The number of benzene rings is 1. The van der Waals surface area contributed by atoms with E-state index in [0.29, 0.717) is 41.7 Å². The highest BCUT2D eigenvalue weighted by Gasteiger charge is 2.34. The smallest absolute Gasteiger partial charge is 0.243 e. The summed E-state index contributed by atoms with van der Waals surface area (Å²) in [5, 5.41) is 10.2. The number of rotatable bonds is 7. The van der Waals surface area contributed by atoms with Gasteiger partial charge in [0.1, 0.15) is 6.33 Å². The third-order valence-electron chi connectivity index (χ3n) is 4.99. The number of carbonyl (C=O) groups is 1. The van der Waals surface area contributed by atoms with E-state index < -0.39 is 10.0 Å². The van der Waals surface area contributed by atoms with Crippen LogP contribution in [0.15, 0.2) is 28.5 Å². The molecule has 0 spiro atoms. The zero-order chi connectivity index (χ0) is 21.0. The van der Waals surface area contributed by atoms with Gasteiger partial charge in [-0.2, -0.15) is 9.40 Å². The minimum Gasteiger partial charge on any atom is -0.355 e. The van der Waals surface area contributed by atoms with E-state index in [2.05, 4.69) is 20.5 Å². The average molecular weight is 438 g/mol. The standard InChI is InChI=1S/C19H27N5O3S2/c1-13-9-14(2)17(15(3)10-13)29(26,27)24-7-4-5-16(11-24)18(25)20-6-8-28-19-21-12-22-23-19/h9-10,12,16H,4-8,11H2,1-3H3,(H,20,25)(H,21,22,23). The van der Waals surface area contributed by atoms with Crippen molar-refractivity contribution in [1.82, 2.24) is 24.8 Å². The number of piperidine rings is 1. The van der Waals surface area contributed by atoms with Gasteiger partial charge in [-0.3, -0.25) is 9.89 Å². The average Bonchev–Trinajstić information content (AvgIpc) is 3.17. The maximum atomic E-state index is 13.3. The summed E-state index contributed by atoms with van der Waals surface area (Å²) < 4.78 is 28.0. The molecule has 0 radical (unpaired) electrons. The monoisotopic (exact) mass is 437 g/mol. The van der Waals surface area contributed by atoms with Crippen molar-refractivity contribution < 1.29 is 13.2 Å². The van der Waals surface area contributed by atoms with E-state index in [4.69, 9.17) is 0 Å². The zero-order valence-corrected chi connectivity index (χ0v) is 18.6. The SMILES string of the molecule is Cc1cc(C)c(S(=O)(=O)N2CCCC(C(=O)NCCSc3ncn[nH]3)C2)c(C)c1. The Hall–Kier alpha value is -1.91. The topological polar surface area (TPSA) is 108 Å². The third kappa shape index (κ3) is 5.18. The van der Waals surface area contributed by atoms with Crippen molar-refractivity contribution in [2.75, 3.05) is 25.4 Å². The summed E-state index contributed by atoms with van der Waals surface area (Å²) in [5.74, 6) is 0.234. The summed E-state index contributed by atoms with van der Waals surface area (Å²) in [7, 11) is -3.63. The first-order valence-corrected chi connectivity index (χ1v) is 12.1. The third-order valence-corrected chi connectivity index (χ3v) is 8.04. The number of nitrogens with zero attached hydrogens (tertiary/aromatic N) is 3. The minimum atomic E-state index is -3.63. The van der Waals surface area contributed by atoms with E-state index >= 15 is 0 Å². The number of carbonyl (C=O) groups excluding carboxylic acids is 1. The molecule has 0 saturated carbocycles. The number of nitrogens with one attached hydrogen (secondary N) is 2. The minimum absolute atomic E-state index is 0.0968. The number of hydrogen-bond donors (Lipinski definition) is 2. The van der Waals surface area contributed by atoms with E-state index in [0.717, 1.165) is 16.7 Å². The molecule has 10 heteroatoms. The first kappa shape index (κ1) is 21.8. The highest BCUT2D eigenvalue weighted by Crippen LogP contribution is 2.29. The fourth-order valence-corrected chi connectivity index (χ4v) is 6.38. The van der Waals surface area contributed by atoms with E-state index in [-0.39, 0.29) is 18.4 Å². The van der Waals surface area contributed by atoms with Gasteiger partial charge in [0.25, 0.3) is 0 Å². The predicted molar refractivity (Wildman–Crippen MR) is 112 cm³/mol. The van der Waals surface area contributed by atoms with Crippen molar-refractivity contribution in [2.45, 2.75) is 43.7 Å². The summed E-state index contributed by atoms with van der Waals surface area (Å²) >= 11 is 1.47. The highest BCUT2D eigenvalue weighted by molar-refractivity contribution is 7.99. The Labute approximate surface area is 175 Å². The van der Waals surface area contributed by atoms with Crippen molar-refractivity contribution >= 4 is 27.7 Å². The molecule has 1 aromatic heterocycles. The van der Waals surface area contributed by atoms with Gasteiger partial charge < -0.3 is 5.32 Å². The van der Waals surface area contributed by atoms with Gasteiger partial charge >= 0.3 is 0 Å². The molecule has 0 bridgehead atoms. The molecule has 1 unspecified atom stereocenters. The first-order chi connectivity index (χ1) is 13.8. The van der Waals surface area contributed by atoms with Crippen LogP contribution in [-0.2, 0) is 14.8 Å².